The lowest BCUT2D eigenvalue weighted by Gasteiger charge is -2.27. The van der Waals surface area contributed by atoms with Crippen molar-refractivity contribution in [3.05, 3.63) is 45.9 Å². The summed E-state index contributed by atoms with van der Waals surface area (Å²) in [4.78, 5) is 38.8. The van der Waals surface area contributed by atoms with E-state index in [1.54, 1.807) is 6.07 Å². The Kier molecular flexibility index (Phi) is 5.97. The van der Waals surface area contributed by atoms with Crippen molar-refractivity contribution in [3.63, 3.8) is 0 Å². The maximum Gasteiger partial charge on any atom is 0.336 e. The highest BCUT2D eigenvalue weighted by Crippen LogP contribution is 2.37. The number of anilines is 1. The molecule has 1 aliphatic rings. The van der Waals surface area contributed by atoms with Gasteiger partial charge in [0.15, 0.2) is 11.5 Å². The zero-order valence-electron chi connectivity index (χ0n) is 16.2. The highest BCUT2D eigenvalue weighted by Gasteiger charge is 2.38. The number of halogens is 1. The summed E-state index contributed by atoms with van der Waals surface area (Å²) < 4.78 is 15.8. The molecule has 1 saturated heterocycles. The van der Waals surface area contributed by atoms with Crippen LogP contribution >= 0.6 is 15.9 Å². The molecule has 0 radical (unpaired) electrons. The van der Waals surface area contributed by atoms with Gasteiger partial charge in [-0.1, -0.05) is 0 Å². The molecule has 0 saturated carbocycles. The Morgan fingerprint density at radius 1 is 1.00 bits per heavy atom. The zero-order valence-corrected chi connectivity index (χ0v) is 17.8. The van der Waals surface area contributed by atoms with Gasteiger partial charge in [-0.2, -0.15) is 0 Å². The summed E-state index contributed by atoms with van der Waals surface area (Å²) in [6, 6.07) is 6.62. The lowest BCUT2D eigenvalue weighted by molar-refractivity contribution is -0.122. The number of hydrogen-bond donors (Lipinski definition) is 2. The average molecular weight is 477 g/mol. The van der Waals surface area contributed by atoms with E-state index in [2.05, 4.69) is 21.2 Å². The molecule has 0 aliphatic carbocycles. The summed E-state index contributed by atoms with van der Waals surface area (Å²) in [5.74, 6) is -1.06. The minimum absolute atomic E-state index is 0.113. The molecule has 1 heterocycles. The van der Waals surface area contributed by atoms with Gasteiger partial charge in [-0.15, -0.1) is 0 Å². The number of hydrogen-bond acceptors (Lipinski definition) is 7. The Balaban J connectivity index is 2.10. The molecule has 9 nitrogen and oxygen atoms in total. The number of methoxy groups -OCH3 is 3. The zero-order chi connectivity index (χ0) is 22.0. The van der Waals surface area contributed by atoms with Gasteiger partial charge in [0.2, 0.25) is 0 Å². The minimum Gasteiger partial charge on any atom is -0.503 e. The van der Waals surface area contributed by atoms with Crippen LogP contribution in [-0.2, 0) is 9.59 Å². The fraction of sp³-hybridized carbons (Fsp3) is 0.150. The number of nitrogens with zero attached hydrogens (tertiary/aromatic N) is 1. The van der Waals surface area contributed by atoms with E-state index in [1.165, 1.54) is 51.7 Å². The quantitative estimate of drug-likeness (QED) is 0.503. The molecule has 10 heteroatoms. The van der Waals surface area contributed by atoms with Gasteiger partial charge in [-0.25, -0.2) is 9.69 Å². The molecule has 0 unspecified atom stereocenters. The smallest absolute Gasteiger partial charge is 0.336 e. The van der Waals surface area contributed by atoms with Crippen LogP contribution in [0.5, 0.6) is 23.0 Å². The van der Waals surface area contributed by atoms with Gasteiger partial charge in [0.1, 0.15) is 17.1 Å². The normalized spacial score (nSPS) is 15.3. The van der Waals surface area contributed by atoms with E-state index in [0.717, 1.165) is 4.90 Å². The van der Waals surface area contributed by atoms with Gasteiger partial charge in [0.25, 0.3) is 11.8 Å². The summed E-state index contributed by atoms with van der Waals surface area (Å²) in [5.41, 5.74) is 0.211. The number of carbonyl (C=O) groups excluding carboxylic acids is 3. The second kappa shape index (κ2) is 8.46. The van der Waals surface area contributed by atoms with Crippen molar-refractivity contribution in [2.45, 2.75) is 0 Å². The fourth-order valence-corrected chi connectivity index (χ4v) is 3.31. The van der Waals surface area contributed by atoms with Crippen LogP contribution < -0.4 is 24.4 Å². The molecule has 2 aromatic rings. The molecule has 2 N–H and O–H groups in total. The molecule has 3 rings (SSSR count). The van der Waals surface area contributed by atoms with Crippen LogP contribution in [-0.4, -0.2) is 44.3 Å². The van der Waals surface area contributed by atoms with Crippen LogP contribution in [0.1, 0.15) is 5.56 Å². The monoisotopic (exact) mass is 476 g/mol. The molecule has 4 amide bonds. The second-order valence-corrected chi connectivity index (χ2v) is 6.90. The van der Waals surface area contributed by atoms with Crippen molar-refractivity contribution < 1.29 is 33.7 Å². The average Bonchev–Trinajstić information content (AvgIpc) is 2.73. The third kappa shape index (κ3) is 3.81. The Labute approximate surface area is 180 Å². The minimum atomic E-state index is -0.918. The molecule has 1 aliphatic heterocycles. The lowest BCUT2D eigenvalue weighted by atomic mass is 10.1. The van der Waals surface area contributed by atoms with Crippen molar-refractivity contribution >= 4 is 45.5 Å². The number of nitrogens with one attached hydrogen (secondary N) is 1. The molecular formula is C20H17BrN2O7. The van der Waals surface area contributed by atoms with Crippen LogP contribution in [0, 0.1) is 0 Å². The molecule has 0 bridgehead atoms. The van der Waals surface area contributed by atoms with E-state index in [0.29, 0.717) is 15.8 Å². The summed E-state index contributed by atoms with van der Waals surface area (Å²) >= 11 is 3.19. The van der Waals surface area contributed by atoms with Crippen molar-refractivity contribution in [1.82, 2.24) is 5.32 Å². The summed E-state index contributed by atoms with van der Waals surface area (Å²) in [5, 5.41) is 12.1. The van der Waals surface area contributed by atoms with Gasteiger partial charge in [0.05, 0.1) is 31.5 Å². The topological polar surface area (TPSA) is 114 Å². The number of phenols is 1. The predicted octanol–water partition coefficient (Wildman–Crippen LogP) is 2.85. The number of amides is 4. The third-order valence-corrected chi connectivity index (χ3v) is 4.91. The molecule has 0 aromatic heterocycles. The highest BCUT2D eigenvalue weighted by molar-refractivity contribution is 9.10. The maximum atomic E-state index is 13.1. The molecular weight excluding hydrogens is 460 g/mol. The molecule has 156 valence electrons. The number of imide groups is 2. The number of benzene rings is 2. The van der Waals surface area contributed by atoms with Crippen LogP contribution in [0.2, 0.25) is 0 Å². The fourth-order valence-electron chi connectivity index (χ4n) is 2.85. The first-order valence-corrected chi connectivity index (χ1v) is 9.30. The Bertz CT molecular complexity index is 1080. The standard InChI is InChI=1S/C20H17BrN2O7/c1-28-11-4-5-15(29-2)14(9-11)23-19(26)12(18(25)22-20(23)27)6-10-7-13(21)17(24)16(8-10)30-3/h4-9,24H,1-3H3,(H,22,25,27)/b12-6-. The summed E-state index contributed by atoms with van der Waals surface area (Å²) in [6.07, 6.45) is 1.29. The molecule has 1 fully saturated rings. The first kappa shape index (κ1) is 21.2. The van der Waals surface area contributed by atoms with Crippen LogP contribution in [0.25, 0.3) is 6.08 Å². The van der Waals surface area contributed by atoms with Gasteiger partial charge in [0, 0.05) is 6.07 Å². The van der Waals surface area contributed by atoms with Gasteiger partial charge >= 0.3 is 6.03 Å². The number of phenolic OH excluding ortho intramolecular Hbond substituents is 1. The first-order valence-electron chi connectivity index (χ1n) is 8.50. The molecule has 0 spiro atoms. The van der Waals surface area contributed by atoms with Crippen molar-refractivity contribution in [1.29, 1.82) is 0 Å². The van der Waals surface area contributed by atoms with Crippen LogP contribution in [0.15, 0.2) is 40.4 Å². The van der Waals surface area contributed by atoms with Crippen molar-refractivity contribution in [2.75, 3.05) is 26.2 Å². The number of barbiturate groups is 1. The van der Waals surface area contributed by atoms with E-state index >= 15 is 0 Å². The van der Waals surface area contributed by atoms with Crippen LogP contribution in [0.3, 0.4) is 0 Å². The van der Waals surface area contributed by atoms with Gasteiger partial charge in [-0.3, -0.25) is 14.9 Å². The Morgan fingerprint density at radius 2 is 1.70 bits per heavy atom. The Morgan fingerprint density at radius 3 is 2.33 bits per heavy atom. The molecule has 0 atom stereocenters. The van der Waals surface area contributed by atoms with E-state index in [-0.39, 0.29) is 28.5 Å². The molecule has 2 aromatic carbocycles. The van der Waals surface area contributed by atoms with Crippen LogP contribution in [0.4, 0.5) is 10.5 Å². The van der Waals surface area contributed by atoms with Gasteiger partial charge in [-0.05, 0) is 51.8 Å². The predicted molar refractivity (Wildman–Crippen MR) is 111 cm³/mol. The Hall–Kier alpha value is -3.53. The largest absolute Gasteiger partial charge is 0.503 e. The highest BCUT2D eigenvalue weighted by atomic mass is 79.9. The lowest BCUT2D eigenvalue weighted by Crippen LogP contribution is -2.54. The second-order valence-electron chi connectivity index (χ2n) is 6.05. The SMILES string of the molecule is COc1ccc(OC)c(N2C(=O)NC(=O)/C(=C/c3cc(Br)c(O)c(OC)c3)C2=O)c1. The number of aromatic hydroxyl groups is 1. The van der Waals surface area contributed by atoms with E-state index in [9.17, 15) is 19.5 Å². The summed E-state index contributed by atoms with van der Waals surface area (Å²) in [7, 11) is 4.20. The number of ether oxygens (including phenoxy) is 3. The number of rotatable bonds is 5. The van der Waals surface area contributed by atoms with E-state index < -0.39 is 17.8 Å². The third-order valence-electron chi connectivity index (χ3n) is 4.31. The number of urea groups is 1. The van der Waals surface area contributed by atoms with Gasteiger partial charge < -0.3 is 19.3 Å². The van der Waals surface area contributed by atoms with E-state index in [1.807, 2.05) is 0 Å². The number of carbonyl (C=O) groups is 3. The van der Waals surface area contributed by atoms with E-state index in [4.69, 9.17) is 14.2 Å². The van der Waals surface area contributed by atoms with Crippen molar-refractivity contribution in [2.24, 2.45) is 0 Å². The van der Waals surface area contributed by atoms with Crippen molar-refractivity contribution in [3.8, 4) is 23.0 Å². The maximum absolute atomic E-state index is 13.1. The molecule has 30 heavy (non-hydrogen) atoms. The summed E-state index contributed by atoms with van der Waals surface area (Å²) in [6.45, 7) is 0. The first-order chi connectivity index (χ1) is 14.3.